The second-order valence-electron chi connectivity index (χ2n) is 12.5. The summed E-state index contributed by atoms with van der Waals surface area (Å²) >= 11 is 0. The first-order valence-electron chi connectivity index (χ1n) is 14.1. The third kappa shape index (κ3) is 10.9. The fourth-order valence-corrected chi connectivity index (χ4v) is 5.80. The molecule has 0 spiro atoms. The second-order valence-corrected chi connectivity index (χ2v) is 12.5. The lowest BCUT2D eigenvalue weighted by atomic mass is 9.68. The van der Waals surface area contributed by atoms with Crippen LogP contribution in [0.3, 0.4) is 0 Å². The maximum Gasteiger partial charge on any atom is 0.0894 e. The first-order chi connectivity index (χ1) is 15.9. The highest BCUT2D eigenvalue weighted by Gasteiger charge is 2.43. The third-order valence-corrected chi connectivity index (χ3v) is 6.82. The Bertz CT molecular complexity index is 572. The van der Waals surface area contributed by atoms with E-state index in [1.54, 1.807) is 0 Å². The summed E-state index contributed by atoms with van der Waals surface area (Å²) in [6, 6.07) is 5.28. The average Bonchev–Trinajstić information content (AvgIpc) is 2.73. The quantitative estimate of drug-likeness (QED) is 0.186. The molecule has 0 heterocycles. The van der Waals surface area contributed by atoms with Gasteiger partial charge in [0, 0.05) is 0 Å². The van der Waals surface area contributed by atoms with Gasteiger partial charge in [-0.1, -0.05) is 94.9 Å². The Hall–Kier alpha value is -1.42. The van der Waals surface area contributed by atoms with Gasteiger partial charge in [0.1, 0.15) is 0 Å². The van der Waals surface area contributed by atoms with Crippen molar-refractivity contribution in [3.05, 3.63) is 0 Å². The Labute approximate surface area is 213 Å². The summed E-state index contributed by atoms with van der Waals surface area (Å²) in [5.41, 5.74) is -0.997. The van der Waals surface area contributed by atoms with Crippen LogP contribution in [0.5, 0.6) is 0 Å². The van der Waals surface area contributed by atoms with Crippen LogP contribution in [0.2, 0.25) is 0 Å². The summed E-state index contributed by atoms with van der Waals surface area (Å²) in [5.74, 6) is 1.70. The van der Waals surface area contributed by atoms with Crippen molar-refractivity contribution in [2.75, 3.05) is 0 Å². The fraction of sp³-hybridized carbons (Fsp3) is 0.933. The van der Waals surface area contributed by atoms with Gasteiger partial charge in [-0.15, -0.1) is 0 Å². The summed E-state index contributed by atoms with van der Waals surface area (Å²) < 4.78 is 0. The van der Waals surface area contributed by atoms with E-state index in [0.29, 0.717) is 23.7 Å². The van der Waals surface area contributed by atoms with E-state index < -0.39 is 10.8 Å². The molecule has 0 bridgehead atoms. The zero-order chi connectivity index (χ0) is 26.4. The zero-order valence-electron chi connectivity index (χ0n) is 24.3. The van der Waals surface area contributed by atoms with Crippen LogP contribution in [0.1, 0.15) is 133 Å². The number of rotatable bonds is 18. The third-order valence-electron chi connectivity index (χ3n) is 6.82. The first-order valence-corrected chi connectivity index (χ1v) is 14.1. The standard InChI is InChI=1S/C30H56N4/c1-11-13-15-27(29(21-31,17-23(3)4)18-24(5)6)33-34-28(16-14-12-2)30(22-32,19-25(7)8)20-26(9)10/h23-28H,11-20H2,1-10H3. The summed E-state index contributed by atoms with van der Waals surface area (Å²) in [6.07, 6.45) is 9.41. The Kier molecular flexibility index (Phi) is 15.6. The molecule has 4 nitrogen and oxygen atoms in total. The molecule has 0 radical (unpaired) electrons. The van der Waals surface area contributed by atoms with Crippen LogP contribution in [0.25, 0.3) is 0 Å². The molecule has 0 amide bonds. The van der Waals surface area contributed by atoms with Gasteiger partial charge in [-0.05, 0) is 62.2 Å². The molecule has 0 aliphatic rings. The Morgan fingerprint density at radius 3 is 1.00 bits per heavy atom. The predicted octanol–water partition coefficient (Wildman–Crippen LogP) is 9.76. The molecule has 0 aliphatic heterocycles. The van der Waals surface area contributed by atoms with Crippen LogP contribution in [-0.4, -0.2) is 12.1 Å². The molecule has 0 rings (SSSR count). The molecule has 4 heteroatoms. The van der Waals surface area contributed by atoms with E-state index in [1.165, 1.54) is 0 Å². The van der Waals surface area contributed by atoms with E-state index in [0.717, 1.165) is 64.2 Å². The van der Waals surface area contributed by atoms with Gasteiger partial charge in [-0.2, -0.15) is 20.8 Å². The topological polar surface area (TPSA) is 72.3 Å². The largest absolute Gasteiger partial charge is 0.198 e. The minimum absolute atomic E-state index is 0.110. The highest BCUT2D eigenvalue weighted by Crippen LogP contribution is 2.43. The minimum atomic E-state index is -0.498. The summed E-state index contributed by atoms with van der Waals surface area (Å²) in [4.78, 5) is 0. The lowest BCUT2D eigenvalue weighted by molar-refractivity contribution is 0.173. The SMILES string of the molecule is CCCCC(N=NC(CCCC)C(C#N)(CC(C)C)CC(C)C)C(C#N)(CC(C)C)CC(C)C. The van der Waals surface area contributed by atoms with Gasteiger partial charge in [-0.25, -0.2) is 0 Å². The van der Waals surface area contributed by atoms with Gasteiger partial charge < -0.3 is 0 Å². The van der Waals surface area contributed by atoms with Crippen LogP contribution >= 0.6 is 0 Å². The number of nitrogens with zero attached hydrogens (tertiary/aromatic N) is 4. The van der Waals surface area contributed by atoms with E-state index in [4.69, 9.17) is 10.2 Å². The fourth-order valence-electron chi connectivity index (χ4n) is 5.80. The van der Waals surface area contributed by atoms with Crippen molar-refractivity contribution in [1.82, 2.24) is 0 Å². The molecule has 0 aromatic rings. The van der Waals surface area contributed by atoms with Gasteiger partial charge in [0.2, 0.25) is 0 Å². The molecule has 2 atom stereocenters. The molecule has 0 saturated heterocycles. The van der Waals surface area contributed by atoms with Crippen LogP contribution in [0.15, 0.2) is 10.2 Å². The smallest absolute Gasteiger partial charge is 0.0894 e. The van der Waals surface area contributed by atoms with Crippen LogP contribution in [-0.2, 0) is 0 Å². The van der Waals surface area contributed by atoms with Crippen LogP contribution < -0.4 is 0 Å². The molecule has 0 fully saturated rings. The van der Waals surface area contributed by atoms with E-state index >= 15 is 0 Å². The molecule has 0 saturated carbocycles. The van der Waals surface area contributed by atoms with Gasteiger partial charge >= 0.3 is 0 Å². The summed E-state index contributed by atoms with van der Waals surface area (Å²) in [6.45, 7) is 22.0. The van der Waals surface area contributed by atoms with Crippen LogP contribution in [0, 0.1) is 57.2 Å². The summed E-state index contributed by atoms with van der Waals surface area (Å²) in [7, 11) is 0. The minimum Gasteiger partial charge on any atom is -0.198 e. The molecule has 0 N–H and O–H groups in total. The lowest BCUT2D eigenvalue weighted by Gasteiger charge is -2.37. The average molecular weight is 473 g/mol. The molecular weight excluding hydrogens is 416 g/mol. The predicted molar refractivity (Wildman–Crippen MR) is 145 cm³/mol. The monoisotopic (exact) mass is 472 g/mol. The molecule has 0 aliphatic carbocycles. The Morgan fingerprint density at radius 1 is 0.559 bits per heavy atom. The maximum atomic E-state index is 10.5. The van der Waals surface area contributed by atoms with Gasteiger partial charge in [0.25, 0.3) is 0 Å². The summed E-state index contributed by atoms with van der Waals surface area (Å²) in [5, 5.41) is 31.1. The first kappa shape index (κ1) is 32.6. The Balaban J connectivity index is 6.55. The second kappa shape index (κ2) is 16.3. The molecule has 34 heavy (non-hydrogen) atoms. The number of nitriles is 2. The number of hydrogen-bond donors (Lipinski definition) is 0. The lowest BCUT2D eigenvalue weighted by Crippen LogP contribution is -2.38. The van der Waals surface area contributed by atoms with E-state index in [2.05, 4.69) is 81.4 Å². The van der Waals surface area contributed by atoms with Crippen LogP contribution in [0.4, 0.5) is 0 Å². The van der Waals surface area contributed by atoms with E-state index in [9.17, 15) is 10.5 Å². The van der Waals surface area contributed by atoms with E-state index in [-0.39, 0.29) is 12.1 Å². The molecule has 196 valence electrons. The Morgan fingerprint density at radius 2 is 0.824 bits per heavy atom. The van der Waals surface area contributed by atoms with E-state index in [1.807, 2.05) is 0 Å². The molecule has 0 aromatic heterocycles. The zero-order valence-corrected chi connectivity index (χ0v) is 24.3. The number of hydrogen-bond acceptors (Lipinski definition) is 4. The highest BCUT2D eigenvalue weighted by atomic mass is 15.2. The van der Waals surface area contributed by atoms with Crippen molar-refractivity contribution >= 4 is 0 Å². The molecule has 2 unspecified atom stereocenters. The van der Waals surface area contributed by atoms with Gasteiger partial charge in [0.15, 0.2) is 0 Å². The van der Waals surface area contributed by atoms with Crippen molar-refractivity contribution in [2.45, 2.75) is 146 Å². The van der Waals surface area contributed by atoms with Crippen molar-refractivity contribution in [3.8, 4) is 12.1 Å². The maximum absolute atomic E-state index is 10.5. The van der Waals surface area contributed by atoms with Crippen molar-refractivity contribution < 1.29 is 0 Å². The molecule has 0 aromatic carbocycles. The molecular formula is C30H56N4. The normalized spacial score (nSPS) is 14.8. The van der Waals surface area contributed by atoms with Gasteiger partial charge in [0.05, 0.1) is 35.1 Å². The van der Waals surface area contributed by atoms with Crippen molar-refractivity contribution in [1.29, 1.82) is 10.5 Å². The highest BCUT2D eigenvalue weighted by molar-refractivity contribution is 5.09. The number of unbranched alkanes of at least 4 members (excludes halogenated alkanes) is 2. The van der Waals surface area contributed by atoms with Gasteiger partial charge in [-0.3, -0.25) is 0 Å². The van der Waals surface area contributed by atoms with Crippen molar-refractivity contribution in [3.63, 3.8) is 0 Å². The van der Waals surface area contributed by atoms with Crippen molar-refractivity contribution in [2.24, 2.45) is 44.7 Å². The number of azo groups is 1.